The Morgan fingerprint density at radius 2 is 2.21 bits per heavy atom. The van der Waals surface area contributed by atoms with Gasteiger partial charge in [-0.3, -0.25) is 3.93 Å². The first-order chi connectivity index (χ1) is 8.92. The second-order valence-corrected chi connectivity index (χ2v) is 5.70. The second-order valence-electron chi connectivity index (χ2n) is 4.93. The van der Waals surface area contributed by atoms with Crippen molar-refractivity contribution >= 4 is 39.8 Å². The number of nitrogens with zero attached hydrogens (tertiary/aromatic N) is 1. The molecule has 0 radical (unpaired) electrons. The minimum Gasteiger partial charge on any atom is -0.465 e. The fraction of sp³-hybridized carbons (Fsp3) is 0.385. The summed E-state index contributed by atoms with van der Waals surface area (Å²) in [5.74, 6) is -0.438. The van der Waals surface area contributed by atoms with E-state index in [1.54, 1.807) is 16.1 Å². The van der Waals surface area contributed by atoms with E-state index in [1.165, 1.54) is 7.11 Å². The van der Waals surface area contributed by atoms with Crippen molar-refractivity contribution < 1.29 is 14.3 Å². The highest BCUT2D eigenvalue weighted by molar-refractivity contribution is 9.10. The number of anilines is 2. The normalized spacial score (nSPS) is 20.2. The van der Waals surface area contributed by atoms with E-state index in [2.05, 4.69) is 21.5 Å². The van der Waals surface area contributed by atoms with E-state index < -0.39 is 17.6 Å². The molecule has 0 saturated heterocycles. The van der Waals surface area contributed by atoms with Crippen LogP contribution in [0, 0.1) is 0 Å². The van der Waals surface area contributed by atoms with Gasteiger partial charge in [0.2, 0.25) is 0 Å². The van der Waals surface area contributed by atoms with Crippen molar-refractivity contribution in [3.8, 4) is 0 Å². The highest BCUT2D eigenvalue weighted by atomic mass is 79.9. The molecule has 1 unspecified atom stereocenters. The number of carbonyl (C=O) groups is 2. The van der Waals surface area contributed by atoms with Crippen LogP contribution in [0.4, 0.5) is 11.4 Å². The number of fused-ring (bicyclic) bond motifs is 1. The highest BCUT2D eigenvalue weighted by Gasteiger charge is 2.40. The summed E-state index contributed by atoms with van der Waals surface area (Å²) in [5, 5.41) is 3.28. The zero-order valence-electron chi connectivity index (χ0n) is 10.9. The monoisotopic (exact) mass is 326 g/mol. The molecule has 1 aliphatic rings. The van der Waals surface area contributed by atoms with Gasteiger partial charge in [0.25, 0.3) is 0 Å². The predicted molar refractivity (Wildman–Crippen MR) is 76.7 cm³/mol. The molecular formula is C13H15BrN2O3. The third-order valence-corrected chi connectivity index (χ3v) is 4.02. The largest absolute Gasteiger partial charge is 0.465 e. The van der Waals surface area contributed by atoms with E-state index in [9.17, 15) is 9.59 Å². The van der Waals surface area contributed by atoms with Crippen molar-refractivity contribution in [2.75, 3.05) is 16.4 Å². The number of methoxy groups -OCH3 is 1. The molecule has 102 valence electrons. The lowest BCUT2D eigenvalue weighted by atomic mass is 9.91. The average Bonchev–Trinajstić information content (AvgIpc) is 2.36. The van der Waals surface area contributed by atoms with Gasteiger partial charge in [-0.25, -0.2) is 4.79 Å². The van der Waals surface area contributed by atoms with Crippen LogP contribution in [-0.2, 0) is 9.53 Å². The maximum absolute atomic E-state index is 11.8. The van der Waals surface area contributed by atoms with E-state index in [1.807, 2.05) is 19.9 Å². The molecular weight excluding hydrogens is 312 g/mol. The molecule has 1 N–H and O–H groups in total. The quantitative estimate of drug-likeness (QED) is 0.513. The maximum atomic E-state index is 11.8. The summed E-state index contributed by atoms with van der Waals surface area (Å²) in [7, 11) is 1.33. The van der Waals surface area contributed by atoms with Crippen molar-refractivity contribution in [1.82, 2.24) is 0 Å². The van der Waals surface area contributed by atoms with Crippen LogP contribution >= 0.6 is 16.1 Å². The van der Waals surface area contributed by atoms with Crippen LogP contribution in [0.5, 0.6) is 0 Å². The van der Waals surface area contributed by atoms with E-state index >= 15 is 0 Å². The van der Waals surface area contributed by atoms with Crippen LogP contribution in [0.15, 0.2) is 18.2 Å². The van der Waals surface area contributed by atoms with Crippen LogP contribution in [0.3, 0.4) is 0 Å². The van der Waals surface area contributed by atoms with Crippen LogP contribution in [0.1, 0.15) is 24.2 Å². The topological polar surface area (TPSA) is 58.6 Å². The zero-order valence-corrected chi connectivity index (χ0v) is 12.5. The molecule has 2 rings (SSSR count). The molecule has 1 heterocycles. The van der Waals surface area contributed by atoms with Gasteiger partial charge in [0.15, 0.2) is 0 Å². The summed E-state index contributed by atoms with van der Waals surface area (Å²) in [6.45, 7) is 3.85. The maximum Gasteiger partial charge on any atom is 0.340 e. The Bertz CT molecular complexity index is 531. The number of ether oxygens (including phenoxy) is 1. The third-order valence-electron chi connectivity index (χ3n) is 3.22. The molecule has 0 aromatic heterocycles. The molecule has 0 spiro atoms. The van der Waals surface area contributed by atoms with Crippen LogP contribution in [-0.4, -0.2) is 30.9 Å². The number of halogens is 1. The van der Waals surface area contributed by atoms with Gasteiger partial charge in [0.05, 0.1) is 45.7 Å². The Labute approximate surface area is 120 Å². The summed E-state index contributed by atoms with van der Waals surface area (Å²) in [5.41, 5.74) is 1.35. The van der Waals surface area contributed by atoms with Crippen molar-refractivity contribution in [1.29, 1.82) is 0 Å². The van der Waals surface area contributed by atoms with Gasteiger partial charge in [-0.2, -0.15) is 0 Å². The average molecular weight is 327 g/mol. The van der Waals surface area contributed by atoms with Gasteiger partial charge in [-0.05, 0) is 26.0 Å². The Morgan fingerprint density at radius 1 is 1.53 bits per heavy atom. The van der Waals surface area contributed by atoms with Gasteiger partial charge < -0.3 is 14.8 Å². The lowest BCUT2D eigenvalue weighted by Crippen LogP contribution is -2.55. The molecule has 1 aromatic rings. The van der Waals surface area contributed by atoms with Crippen molar-refractivity contribution in [2.24, 2.45) is 0 Å². The molecule has 1 atom stereocenters. The Balaban J connectivity index is 2.60. The fourth-order valence-corrected chi connectivity index (χ4v) is 3.21. The first-order valence-corrected chi connectivity index (χ1v) is 6.53. The van der Waals surface area contributed by atoms with Gasteiger partial charge in [-0.1, -0.05) is 6.07 Å². The van der Waals surface area contributed by atoms with Gasteiger partial charge in [0.1, 0.15) is 12.3 Å². The summed E-state index contributed by atoms with van der Waals surface area (Å²) < 4.78 is 6.41. The second kappa shape index (κ2) is 4.85. The Hall–Kier alpha value is -1.56. The highest BCUT2D eigenvalue weighted by Crippen LogP contribution is 2.42. The smallest absolute Gasteiger partial charge is 0.340 e. The molecule has 1 aliphatic heterocycles. The minimum atomic E-state index is -0.451. The number of aldehydes is 1. The number of esters is 1. The first-order valence-electron chi connectivity index (χ1n) is 5.82. The molecule has 6 heteroatoms. The number of hydrogen-bond donors (Lipinski definition) is 1. The SMILES string of the molecule is COC(=O)c1cccc2c1N(Br)C(C=O)C(C)(C)N2. The van der Waals surface area contributed by atoms with E-state index in [0.29, 0.717) is 11.3 Å². The fourth-order valence-electron chi connectivity index (χ4n) is 2.22. The van der Waals surface area contributed by atoms with E-state index in [-0.39, 0.29) is 0 Å². The minimum absolute atomic E-state index is 0.409. The molecule has 1 aromatic carbocycles. The standard InChI is InChI=1S/C13H15BrN2O3/c1-13(2)10(7-17)16(14)11-8(12(18)19-3)5-4-6-9(11)15-13/h4-7,10,15H,1-3H3. The first kappa shape index (κ1) is 13.9. The zero-order chi connectivity index (χ0) is 14.2. The molecule has 19 heavy (non-hydrogen) atoms. The molecule has 0 aliphatic carbocycles. The number of nitrogens with one attached hydrogen (secondary N) is 1. The Morgan fingerprint density at radius 3 is 2.79 bits per heavy atom. The van der Waals surface area contributed by atoms with Crippen LogP contribution in [0.25, 0.3) is 0 Å². The third kappa shape index (κ3) is 2.20. The summed E-state index contributed by atoms with van der Waals surface area (Å²) >= 11 is 3.39. The summed E-state index contributed by atoms with van der Waals surface area (Å²) in [6.07, 6.45) is 0.846. The van der Waals surface area contributed by atoms with Crippen LogP contribution in [0.2, 0.25) is 0 Å². The van der Waals surface area contributed by atoms with E-state index in [4.69, 9.17) is 4.74 Å². The van der Waals surface area contributed by atoms with Gasteiger partial charge >= 0.3 is 5.97 Å². The molecule has 0 amide bonds. The van der Waals surface area contributed by atoms with Crippen molar-refractivity contribution in [3.05, 3.63) is 23.8 Å². The lowest BCUT2D eigenvalue weighted by molar-refractivity contribution is -0.109. The molecule has 5 nitrogen and oxygen atoms in total. The number of hydrogen-bond acceptors (Lipinski definition) is 5. The van der Waals surface area contributed by atoms with Crippen LogP contribution < -0.4 is 9.24 Å². The summed E-state index contributed by atoms with van der Waals surface area (Å²) in [4.78, 5) is 23.1. The van der Waals surface area contributed by atoms with Crippen molar-refractivity contribution in [2.45, 2.75) is 25.4 Å². The number of rotatable bonds is 2. The van der Waals surface area contributed by atoms with E-state index in [0.717, 1.165) is 12.0 Å². The molecule has 0 fully saturated rings. The molecule has 0 bridgehead atoms. The van der Waals surface area contributed by atoms with Gasteiger partial charge in [-0.15, -0.1) is 0 Å². The van der Waals surface area contributed by atoms with Crippen molar-refractivity contribution in [3.63, 3.8) is 0 Å². The predicted octanol–water partition coefficient (Wildman–Crippen LogP) is 2.36. The summed E-state index contributed by atoms with van der Waals surface area (Å²) in [6, 6.07) is 4.86. The molecule has 0 saturated carbocycles. The Kier molecular flexibility index (Phi) is 3.54. The number of para-hydroxylation sites is 1. The lowest BCUT2D eigenvalue weighted by Gasteiger charge is -2.44. The number of carbonyl (C=O) groups excluding carboxylic acids is 2. The van der Waals surface area contributed by atoms with Gasteiger partial charge in [0, 0.05) is 0 Å². The number of benzene rings is 1.